The third-order valence-corrected chi connectivity index (χ3v) is 3.45. The minimum atomic E-state index is -0.330. The molecule has 0 bridgehead atoms. The summed E-state index contributed by atoms with van der Waals surface area (Å²) in [5.41, 5.74) is 1.10. The molecule has 0 saturated carbocycles. The van der Waals surface area contributed by atoms with Gasteiger partial charge in [-0.1, -0.05) is 18.2 Å². The van der Waals surface area contributed by atoms with Gasteiger partial charge in [0.2, 0.25) is 0 Å². The van der Waals surface area contributed by atoms with Gasteiger partial charge in [-0.25, -0.2) is 0 Å². The van der Waals surface area contributed by atoms with Crippen LogP contribution in [0.2, 0.25) is 0 Å². The van der Waals surface area contributed by atoms with E-state index in [2.05, 4.69) is 0 Å². The lowest BCUT2D eigenvalue weighted by molar-refractivity contribution is -0.356. The number of carbonyl (C=O) groups is 1. The molecule has 0 fully saturated rings. The highest BCUT2D eigenvalue weighted by molar-refractivity contribution is 6.52. The molecule has 3 rings (SSSR count). The van der Waals surface area contributed by atoms with Crippen LogP contribution in [0.4, 0.5) is 5.69 Å². The third kappa shape index (κ3) is 1.86. The Kier molecular flexibility index (Phi) is 3.10. The first kappa shape index (κ1) is 13.2. The number of carbonyl (C=O) groups excluding carboxylic acids is 1. The molecule has 1 aliphatic rings. The van der Waals surface area contributed by atoms with E-state index in [1.54, 1.807) is 42.5 Å². The number of methoxy groups -OCH3 is 2. The van der Waals surface area contributed by atoms with Gasteiger partial charge in [-0.15, -0.1) is 0 Å². The molecule has 2 aromatic rings. The quantitative estimate of drug-likeness (QED) is 0.641. The van der Waals surface area contributed by atoms with Crippen molar-refractivity contribution in [1.82, 2.24) is 0 Å². The largest absolute Gasteiger partial charge is 0.618 e. The van der Waals surface area contributed by atoms with Gasteiger partial charge in [0, 0.05) is 0 Å². The minimum Gasteiger partial charge on any atom is -0.618 e. The average molecular weight is 283 g/mol. The lowest BCUT2D eigenvalue weighted by Gasteiger charge is -2.08. The van der Waals surface area contributed by atoms with Gasteiger partial charge in [0.1, 0.15) is 11.3 Å². The van der Waals surface area contributed by atoms with Crippen LogP contribution in [0.1, 0.15) is 15.9 Å². The molecule has 0 amide bonds. The summed E-state index contributed by atoms with van der Waals surface area (Å²) in [6.45, 7) is 0. The molecule has 2 aromatic carbocycles. The van der Waals surface area contributed by atoms with Gasteiger partial charge in [0.25, 0.3) is 17.2 Å². The van der Waals surface area contributed by atoms with E-state index in [9.17, 15) is 10.0 Å². The first-order chi connectivity index (χ1) is 10.2. The van der Waals surface area contributed by atoms with Gasteiger partial charge in [-0.2, -0.15) is 4.74 Å². The second-order valence-corrected chi connectivity index (χ2v) is 4.53. The molecular weight excluding hydrogens is 270 g/mol. The van der Waals surface area contributed by atoms with E-state index in [1.807, 2.05) is 0 Å². The van der Waals surface area contributed by atoms with Gasteiger partial charge in [0.15, 0.2) is 5.75 Å². The van der Waals surface area contributed by atoms with Crippen molar-refractivity contribution in [2.45, 2.75) is 0 Å². The standard InChI is InChI=1S/C16H13NO4/c1-20-12-8-4-3-6-10(12)15-16(18)11-7-5-9-13(21-2)14(11)17(15)19/h3-9H,1-2H3. The first-order valence-electron chi connectivity index (χ1n) is 6.38. The number of rotatable bonds is 3. The summed E-state index contributed by atoms with van der Waals surface area (Å²) in [4.78, 5) is 12.6. The molecule has 0 atom stereocenters. The molecule has 0 saturated heterocycles. The fourth-order valence-electron chi connectivity index (χ4n) is 2.48. The molecule has 5 heteroatoms. The Morgan fingerprint density at radius 1 is 0.905 bits per heavy atom. The first-order valence-corrected chi connectivity index (χ1v) is 6.38. The third-order valence-electron chi connectivity index (χ3n) is 3.45. The summed E-state index contributed by atoms with van der Waals surface area (Å²) in [7, 11) is 2.97. The molecule has 106 valence electrons. The van der Waals surface area contributed by atoms with Crippen molar-refractivity contribution in [3.8, 4) is 11.5 Å². The molecule has 1 aliphatic heterocycles. The highest BCUT2D eigenvalue weighted by Gasteiger charge is 2.40. The maximum Gasteiger partial charge on any atom is 0.276 e. The Morgan fingerprint density at radius 3 is 2.24 bits per heavy atom. The second-order valence-electron chi connectivity index (χ2n) is 4.53. The Bertz CT molecular complexity index is 765. The van der Waals surface area contributed by atoms with Crippen LogP contribution in [0.15, 0.2) is 42.5 Å². The summed E-state index contributed by atoms with van der Waals surface area (Å²) in [5, 5.41) is 12.6. The van der Waals surface area contributed by atoms with Gasteiger partial charge in [0.05, 0.1) is 19.8 Å². The maximum absolute atomic E-state index is 12.6. The lowest BCUT2D eigenvalue weighted by Crippen LogP contribution is -2.17. The van der Waals surface area contributed by atoms with E-state index in [-0.39, 0.29) is 17.2 Å². The van der Waals surface area contributed by atoms with E-state index < -0.39 is 0 Å². The highest BCUT2D eigenvalue weighted by Crippen LogP contribution is 2.37. The molecule has 0 radical (unpaired) electrons. The molecule has 5 nitrogen and oxygen atoms in total. The molecular formula is C16H13NO4. The number of nitrogens with zero attached hydrogens (tertiary/aromatic N) is 1. The summed E-state index contributed by atoms with van der Waals surface area (Å²) in [5.74, 6) is 0.526. The van der Waals surface area contributed by atoms with Crippen LogP contribution in [0.25, 0.3) is 0 Å². The van der Waals surface area contributed by atoms with Crippen LogP contribution >= 0.6 is 0 Å². The van der Waals surface area contributed by atoms with Crippen LogP contribution in [-0.4, -0.2) is 30.5 Å². The van der Waals surface area contributed by atoms with E-state index in [1.165, 1.54) is 14.2 Å². The summed E-state index contributed by atoms with van der Waals surface area (Å²) >= 11 is 0. The number of hydrogen-bond acceptors (Lipinski definition) is 4. The lowest BCUT2D eigenvalue weighted by atomic mass is 10.0. The zero-order valence-electron chi connectivity index (χ0n) is 11.6. The predicted molar refractivity (Wildman–Crippen MR) is 77.7 cm³/mol. The van der Waals surface area contributed by atoms with E-state index in [4.69, 9.17) is 9.47 Å². The Balaban J connectivity index is 2.26. The normalized spacial score (nSPS) is 13.3. The van der Waals surface area contributed by atoms with Crippen LogP contribution in [0.3, 0.4) is 0 Å². The van der Waals surface area contributed by atoms with Crippen molar-refractivity contribution in [1.29, 1.82) is 0 Å². The highest BCUT2D eigenvalue weighted by atomic mass is 16.5. The van der Waals surface area contributed by atoms with Crippen molar-refractivity contribution in [2.24, 2.45) is 0 Å². The monoisotopic (exact) mass is 283 g/mol. The fraction of sp³-hybridized carbons (Fsp3) is 0.125. The van der Waals surface area contributed by atoms with Crippen LogP contribution in [0.5, 0.6) is 11.5 Å². The van der Waals surface area contributed by atoms with Crippen LogP contribution in [-0.2, 0) is 0 Å². The van der Waals surface area contributed by atoms with Crippen molar-refractivity contribution in [3.63, 3.8) is 0 Å². The maximum atomic E-state index is 12.6. The Morgan fingerprint density at radius 2 is 1.52 bits per heavy atom. The molecule has 0 N–H and O–H groups in total. The second kappa shape index (κ2) is 4.94. The van der Waals surface area contributed by atoms with Crippen molar-refractivity contribution in [3.05, 3.63) is 58.8 Å². The molecule has 0 aliphatic carbocycles. The average Bonchev–Trinajstić information content (AvgIpc) is 2.79. The number of fused-ring (bicyclic) bond motifs is 1. The van der Waals surface area contributed by atoms with Crippen LogP contribution < -0.4 is 9.47 Å². The van der Waals surface area contributed by atoms with Gasteiger partial charge >= 0.3 is 0 Å². The zero-order valence-corrected chi connectivity index (χ0v) is 11.6. The Labute approximate surface area is 121 Å². The molecule has 0 spiro atoms. The zero-order chi connectivity index (χ0) is 15.0. The fourth-order valence-corrected chi connectivity index (χ4v) is 2.48. The minimum absolute atomic E-state index is 0.0481. The summed E-state index contributed by atoms with van der Waals surface area (Å²) in [6.07, 6.45) is 0. The number of benzene rings is 2. The van der Waals surface area contributed by atoms with Crippen molar-refractivity contribution in [2.75, 3.05) is 14.2 Å². The van der Waals surface area contributed by atoms with E-state index in [0.717, 1.165) is 0 Å². The topological polar surface area (TPSA) is 61.6 Å². The van der Waals surface area contributed by atoms with Crippen molar-refractivity contribution >= 4 is 17.2 Å². The van der Waals surface area contributed by atoms with Gasteiger partial charge in [-0.05, 0) is 24.3 Å². The smallest absolute Gasteiger partial charge is 0.276 e. The SMILES string of the molecule is COc1ccccc1C1=[N+]([O-])c2c(OC)cccc2C1=O. The number of Topliss-reactive ketones (excluding diaryl/α,β-unsaturated/α-hetero) is 1. The number of ketones is 1. The number of para-hydroxylation sites is 2. The number of hydrogen-bond donors (Lipinski definition) is 0. The van der Waals surface area contributed by atoms with Crippen molar-refractivity contribution < 1.29 is 19.0 Å². The summed E-state index contributed by atoms with van der Waals surface area (Å²) in [6, 6.07) is 11.9. The Hall–Kier alpha value is -2.82. The molecule has 1 heterocycles. The molecule has 21 heavy (non-hydrogen) atoms. The summed E-state index contributed by atoms with van der Waals surface area (Å²) < 4.78 is 11.0. The predicted octanol–water partition coefficient (Wildman–Crippen LogP) is 2.53. The van der Waals surface area contributed by atoms with Crippen LogP contribution in [0, 0.1) is 5.21 Å². The van der Waals surface area contributed by atoms with Gasteiger partial charge in [-0.3, -0.25) is 4.79 Å². The number of ether oxygens (including phenoxy) is 2. The van der Waals surface area contributed by atoms with Gasteiger partial charge < -0.3 is 14.7 Å². The molecule has 0 unspecified atom stereocenters. The van der Waals surface area contributed by atoms with E-state index in [0.29, 0.717) is 27.4 Å². The van der Waals surface area contributed by atoms with E-state index >= 15 is 0 Å². The molecule has 0 aromatic heterocycles.